The second-order valence-corrected chi connectivity index (χ2v) is 9.94. The summed E-state index contributed by atoms with van der Waals surface area (Å²) in [5.41, 5.74) is 4.56. The highest BCUT2D eigenvalue weighted by molar-refractivity contribution is 6.04. The molecule has 0 N–H and O–H groups in total. The third-order valence-electron chi connectivity index (χ3n) is 6.41. The standard InChI is InChI=1S/C29H28N4O2/c1-29(2)16-23-26(24(34)17-29)27(21-12-8-5-9-13-21)31-33(23)25-15-14-22(18-30-25)28(35)32(3)19-20-10-6-4-7-11-20/h4-15,18H,16-17,19H2,1-3H3. The van der Waals surface area contributed by atoms with Gasteiger partial charge in [0, 0.05) is 31.8 Å². The molecule has 0 radical (unpaired) electrons. The van der Waals surface area contributed by atoms with Crippen LogP contribution in [0.15, 0.2) is 79.0 Å². The first-order valence-corrected chi connectivity index (χ1v) is 11.8. The molecule has 0 atom stereocenters. The number of carbonyl (C=O) groups is 2. The molecule has 176 valence electrons. The number of carbonyl (C=O) groups excluding carboxylic acids is 2. The lowest BCUT2D eigenvalue weighted by Gasteiger charge is -2.29. The maximum Gasteiger partial charge on any atom is 0.255 e. The molecule has 5 rings (SSSR count). The molecule has 2 aromatic carbocycles. The van der Waals surface area contributed by atoms with Crippen LogP contribution in [-0.2, 0) is 13.0 Å². The predicted molar refractivity (Wildman–Crippen MR) is 135 cm³/mol. The van der Waals surface area contributed by atoms with Crippen LogP contribution in [0.25, 0.3) is 17.1 Å². The van der Waals surface area contributed by atoms with Gasteiger partial charge in [-0.3, -0.25) is 9.59 Å². The summed E-state index contributed by atoms with van der Waals surface area (Å²) < 4.78 is 1.78. The van der Waals surface area contributed by atoms with Crippen molar-refractivity contribution in [1.29, 1.82) is 0 Å². The van der Waals surface area contributed by atoms with Crippen molar-refractivity contribution in [2.45, 2.75) is 33.2 Å². The van der Waals surface area contributed by atoms with Crippen molar-refractivity contribution < 1.29 is 9.59 Å². The summed E-state index contributed by atoms with van der Waals surface area (Å²) in [7, 11) is 1.78. The van der Waals surface area contributed by atoms with Gasteiger partial charge >= 0.3 is 0 Å². The van der Waals surface area contributed by atoms with E-state index >= 15 is 0 Å². The van der Waals surface area contributed by atoms with Gasteiger partial charge in [0.1, 0.15) is 5.69 Å². The summed E-state index contributed by atoms with van der Waals surface area (Å²) in [5.74, 6) is 0.601. The van der Waals surface area contributed by atoms with Crippen LogP contribution in [0.4, 0.5) is 0 Å². The maximum atomic E-state index is 13.2. The smallest absolute Gasteiger partial charge is 0.255 e. The van der Waals surface area contributed by atoms with Crippen molar-refractivity contribution in [3.05, 3.63) is 101 Å². The number of Topliss-reactive ketones (excluding diaryl/α,β-unsaturated/α-hetero) is 1. The highest BCUT2D eigenvalue weighted by atomic mass is 16.2. The van der Waals surface area contributed by atoms with E-state index in [9.17, 15) is 9.59 Å². The molecule has 0 fully saturated rings. The zero-order valence-electron chi connectivity index (χ0n) is 20.2. The molecule has 0 saturated heterocycles. The highest BCUT2D eigenvalue weighted by Gasteiger charge is 2.37. The van der Waals surface area contributed by atoms with Gasteiger partial charge in [0.05, 0.1) is 16.8 Å². The molecule has 0 saturated carbocycles. The van der Waals surface area contributed by atoms with E-state index in [2.05, 4.69) is 18.8 Å². The van der Waals surface area contributed by atoms with Crippen molar-refractivity contribution >= 4 is 11.7 Å². The summed E-state index contributed by atoms with van der Waals surface area (Å²) >= 11 is 0. The fourth-order valence-corrected chi connectivity index (χ4v) is 4.72. The Bertz CT molecular complexity index is 1370. The summed E-state index contributed by atoms with van der Waals surface area (Å²) in [4.78, 5) is 32.4. The van der Waals surface area contributed by atoms with Gasteiger partial charge in [-0.25, -0.2) is 9.67 Å². The minimum absolute atomic E-state index is 0.100. The Morgan fingerprint density at radius 3 is 2.31 bits per heavy atom. The first-order chi connectivity index (χ1) is 16.8. The normalized spacial score (nSPS) is 14.4. The molecule has 2 aromatic heterocycles. The number of benzene rings is 2. The minimum atomic E-state index is -0.161. The van der Waals surface area contributed by atoms with Crippen molar-refractivity contribution in [1.82, 2.24) is 19.7 Å². The van der Waals surface area contributed by atoms with Crippen LogP contribution in [0.3, 0.4) is 0 Å². The van der Waals surface area contributed by atoms with E-state index in [1.54, 1.807) is 35.0 Å². The summed E-state index contributed by atoms with van der Waals surface area (Å²) in [5, 5.41) is 4.85. The number of rotatable bonds is 5. The number of nitrogens with zero attached hydrogens (tertiary/aromatic N) is 4. The third kappa shape index (κ3) is 4.52. The van der Waals surface area contributed by atoms with Crippen LogP contribution in [0.2, 0.25) is 0 Å². The van der Waals surface area contributed by atoms with E-state index < -0.39 is 0 Å². The van der Waals surface area contributed by atoms with Crippen molar-refractivity contribution in [2.75, 3.05) is 7.05 Å². The Hall–Kier alpha value is -4.06. The second kappa shape index (κ2) is 8.95. The topological polar surface area (TPSA) is 68.1 Å². The van der Waals surface area contributed by atoms with Gasteiger partial charge in [0.15, 0.2) is 11.6 Å². The fourth-order valence-electron chi connectivity index (χ4n) is 4.72. The van der Waals surface area contributed by atoms with Gasteiger partial charge in [-0.2, -0.15) is 5.10 Å². The lowest BCUT2D eigenvalue weighted by molar-refractivity contribution is 0.0784. The van der Waals surface area contributed by atoms with Crippen LogP contribution in [0, 0.1) is 5.41 Å². The van der Waals surface area contributed by atoms with Crippen LogP contribution in [0.1, 0.15) is 52.2 Å². The second-order valence-electron chi connectivity index (χ2n) is 9.94. The third-order valence-corrected chi connectivity index (χ3v) is 6.41. The van der Waals surface area contributed by atoms with E-state index in [4.69, 9.17) is 5.10 Å². The number of pyridine rings is 1. The van der Waals surface area contributed by atoms with Gasteiger partial charge in [0.2, 0.25) is 0 Å². The van der Waals surface area contributed by atoms with E-state index in [1.807, 2.05) is 60.7 Å². The Balaban J connectivity index is 1.48. The molecule has 1 aliphatic rings. The number of fused-ring (bicyclic) bond motifs is 1. The van der Waals surface area contributed by atoms with E-state index in [0.29, 0.717) is 35.6 Å². The molecule has 0 spiro atoms. The SMILES string of the molecule is CN(Cc1ccccc1)C(=O)c1ccc(-n2nc(-c3ccccc3)c3c2CC(C)(C)CC3=O)nc1. The number of aromatic nitrogens is 3. The summed E-state index contributed by atoms with van der Waals surface area (Å²) in [6.45, 7) is 4.72. The zero-order valence-corrected chi connectivity index (χ0v) is 20.2. The Labute approximate surface area is 205 Å². The molecular formula is C29H28N4O2. The molecule has 0 unspecified atom stereocenters. The minimum Gasteiger partial charge on any atom is -0.337 e. The number of ketones is 1. The Morgan fingerprint density at radius 1 is 0.971 bits per heavy atom. The number of hydrogen-bond acceptors (Lipinski definition) is 4. The largest absolute Gasteiger partial charge is 0.337 e. The first-order valence-electron chi connectivity index (χ1n) is 11.8. The summed E-state index contributed by atoms with van der Waals surface area (Å²) in [6, 6.07) is 23.2. The maximum absolute atomic E-state index is 13.2. The summed E-state index contributed by atoms with van der Waals surface area (Å²) in [6.07, 6.45) is 2.79. The molecule has 4 aromatic rings. The van der Waals surface area contributed by atoms with Crippen LogP contribution in [0.5, 0.6) is 0 Å². The average Bonchev–Trinajstić information content (AvgIpc) is 3.23. The molecule has 2 heterocycles. The van der Waals surface area contributed by atoms with E-state index in [1.165, 1.54) is 0 Å². The first kappa shape index (κ1) is 22.7. The molecule has 1 amide bonds. The average molecular weight is 465 g/mol. The quantitative estimate of drug-likeness (QED) is 0.399. The van der Waals surface area contributed by atoms with E-state index in [-0.39, 0.29) is 17.1 Å². The van der Waals surface area contributed by atoms with Crippen molar-refractivity contribution in [3.8, 4) is 17.1 Å². The predicted octanol–water partition coefficient (Wildman–Crippen LogP) is 5.36. The molecule has 0 aliphatic heterocycles. The lowest BCUT2D eigenvalue weighted by Crippen LogP contribution is -2.28. The Kier molecular flexibility index (Phi) is 5.81. The number of hydrogen-bond donors (Lipinski definition) is 0. The molecule has 0 bridgehead atoms. The Morgan fingerprint density at radius 2 is 1.66 bits per heavy atom. The van der Waals surface area contributed by atoms with Crippen molar-refractivity contribution in [3.63, 3.8) is 0 Å². The zero-order chi connectivity index (χ0) is 24.6. The van der Waals surface area contributed by atoms with Gasteiger partial charge in [-0.15, -0.1) is 0 Å². The van der Waals surface area contributed by atoms with Gasteiger partial charge in [-0.05, 0) is 29.5 Å². The van der Waals surface area contributed by atoms with Crippen LogP contribution < -0.4 is 0 Å². The van der Waals surface area contributed by atoms with Gasteiger partial charge in [-0.1, -0.05) is 74.5 Å². The van der Waals surface area contributed by atoms with Crippen LogP contribution >= 0.6 is 0 Å². The molecule has 6 heteroatoms. The lowest BCUT2D eigenvalue weighted by atomic mass is 9.75. The molecule has 1 aliphatic carbocycles. The molecule has 35 heavy (non-hydrogen) atoms. The molecule has 6 nitrogen and oxygen atoms in total. The van der Waals surface area contributed by atoms with Crippen molar-refractivity contribution in [2.24, 2.45) is 5.41 Å². The highest BCUT2D eigenvalue weighted by Crippen LogP contribution is 2.39. The van der Waals surface area contributed by atoms with Gasteiger partial charge < -0.3 is 4.90 Å². The molecular weight excluding hydrogens is 436 g/mol. The van der Waals surface area contributed by atoms with Crippen LogP contribution in [-0.4, -0.2) is 38.4 Å². The fraction of sp³-hybridized carbons (Fsp3) is 0.241. The monoisotopic (exact) mass is 464 g/mol. The number of amides is 1. The van der Waals surface area contributed by atoms with E-state index in [0.717, 1.165) is 23.2 Å². The van der Waals surface area contributed by atoms with Gasteiger partial charge in [0.25, 0.3) is 5.91 Å².